The van der Waals surface area contributed by atoms with Crippen LogP contribution in [0.25, 0.3) is 11.1 Å². The molecule has 2 aromatic carbocycles. The number of ether oxygens (including phenoxy) is 2. The van der Waals surface area contributed by atoms with Crippen LogP contribution in [-0.2, 0) is 9.53 Å². The average Bonchev–Trinajstić information content (AvgIpc) is 2.73. The molecule has 3 nitrogen and oxygen atoms in total. The van der Waals surface area contributed by atoms with Crippen LogP contribution in [-0.4, -0.2) is 18.7 Å². The van der Waals surface area contributed by atoms with Gasteiger partial charge in [-0.2, -0.15) is 0 Å². The third kappa shape index (κ3) is 5.90. The third-order valence-electron chi connectivity index (χ3n) is 5.36. The van der Waals surface area contributed by atoms with E-state index < -0.39 is 0 Å². The molecule has 1 saturated carbocycles. The molecule has 4 heteroatoms. The van der Waals surface area contributed by atoms with Gasteiger partial charge >= 0.3 is 5.97 Å². The zero-order valence-electron chi connectivity index (χ0n) is 16.5. The highest BCUT2D eigenvalue weighted by Crippen LogP contribution is 2.29. The van der Waals surface area contributed by atoms with Crippen LogP contribution in [0.15, 0.2) is 48.5 Å². The lowest BCUT2D eigenvalue weighted by Gasteiger charge is -2.27. The fourth-order valence-corrected chi connectivity index (χ4v) is 3.62. The van der Waals surface area contributed by atoms with Crippen molar-refractivity contribution in [3.8, 4) is 16.9 Å². The minimum atomic E-state index is -0.254. The average molecular weight is 384 g/mol. The Balaban J connectivity index is 1.45. The van der Waals surface area contributed by atoms with E-state index in [1.54, 1.807) is 24.3 Å². The highest BCUT2D eigenvalue weighted by atomic mass is 19.1. The lowest BCUT2D eigenvalue weighted by Crippen LogP contribution is -2.29. The van der Waals surface area contributed by atoms with Gasteiger partial charge in [-0.1, -0.05) is 44.0 Å². The summed E-state index contributed by atoms with van der Waals surface area (Å²) in [6.45, 7) is 3.02. The maximum atomic E-state index is 13.0. The van der Waals surface area contributed by atoms with Crippen LogP contribution in [0.5, 0.6) is 5.75 Å². The summed E-state index contributed by atoms with van der Waals surface area (Å²) in [6, 6.07) is 13.7. The normalized spacial score (nSPS) is 19.4. The standard InChI is InChI=1S/C24H29FO3/c1-2-3-4-17-27-22-13-9-20(10-14-22)24(26)28-23-15-7-19(8-16-23)18-5-11-21(25)12-6-18/h5-8,11-12,15-16,20,22H,2-4,9-10,13-14,17H2,1H3/t20-,22-. The summed E-state index contributed by atoms with van der Waals surface area (Å²) in [5.41, 5.74) is 1.89. The number of rotatable bonds is 8. The van der Waals surface area contributed by atoms with Crippen molar-refractivity contribution in [2.45, 2.75) is 58.0 Å². The van der Waals surface area contributed by atoms with Gasteiger partial charge in [-0.25, -0.2) is 4.39 Å². The first kappa shape index (κ1) is 20.5. The molecular weight excluding hydrogens is 355 g/mol. The summed E-state index contributed by atoms with van der Waals surface area (Å²) in [6.07, 6.45) is 7.32. The summed E-state index contributed by atoms with van der Waals surface area (Å²) < 4.78 is 24.5. The molecule has 0 bridgehead atoms. The Hall–Kier alpha value is -2.20. The smallest absolute Gasteiger partial charge is 0.314 e. The summed E-state index contributed by atoms with van der Waals surface area (Å²) in [4.78, 5) is 12.5. The second-order valence-electron chi connectivity index (χ2n) is 7.50. The van der Waals surface area contributed by atoms with Crippen molar-refractivity contribution >= 4 is 5.97 Å². The van der Waals surface area contributed by atoms with Gasteiger partial charge in [0.25, 0.3) is 0 Å². The molecule has 0 spiro atoms. The Bertz CT molecular complexity index is 731. The van der Waals surface area contributed by atoms with Gasteiger partial charge in [0.15, 0.2) is 0 Å². The fourth-order valence-electron chi connectivity index (χ4n) is 3.62. The van der Waals surface area contributed by atoms with Crippen LogP contribution < -0.4 is 4.74 Å². The molecule has 2 aromatic rings. The molecule has 1 aliphatic rings. The molecule has 150 valence electrons. The van der Waals surface area contributed by atoms with Gasteiger partial charge in [-0.15, -0.1) is 0 Å². The molecular formula is C24H29FO3. The Morgan fingerprint density at radius 2 is 1.54 bits per heavy atom. The van der Waals surface area contributed by atoms with Crippen LogP contribution in [0.3, 0.4) is 0 Å². The number of halogens is 1. The zero-order valence-corrected chi connectivity index (χ0v) is 16.5. The highest BCUT2D eigenvalue weighted by Gasteiger charge is 2.28. The molecule has 0 N–H and O–H groups in total. The van der Waals surface area contributed by atoms with Gasteiger partial charge in [0.2, 0.25) is 0 Å². The fraction of sp³-hybridized carbons (Fsp3) is 0.458. The van der Waals surface area contributed by atoms with Crippen molar-refractivity contribution in [3.05, 3.63) is 54.3 Å². The van der Waals surface area contributed by atoms with Crippen molar-refractivity contribution in [2.24, 2.45) is 5.92 Å². The number of esters is 1. The minimum absolute atomic E-state index is 0.0488. The first-order chi connectivity index (χ1) is 13.7. The van der Waals surface area contributed by atoms with Gasteiger partial charge in [0.1, 0.15) is 11.6 Å². The largest absolute Gasteiger partial charge is 0.426 e. The first-order valence-electron chi connectivity index (χ1n) is 10.3. The second-order valence-corrected chi connectivity index (χ2v) is 7.50. The Kier molecular flexibility index (Phi) is 7.61. The number of carbonyl (C=O) groups excluding carboxylic acids is 1. The number of hydrogen-bond donors (Lipinski definition) is 0. The van der Waals surface area contributed by atoms with E-state index in [1.807, 2.05) is 12.1 Å². The molecule has 28 heavy (non-hydrogen) atoms. The lowest BCUT2D eigenvalue weighted by atomic mass is 9.87. The summed E-state index contributed by atoms with van der Waals surface area (Å²) in [7, 11) is 0. The molecule has 0 aromatic heterocycles. The van der Waals surface area contributed by atoms with Gasteiger partial charge in [0, 0.05) is 6.61 Å². The van der Waals surface area contributed by atoms with Crippen LogP contribution in [0.4, 0.5) is 4.39 Å². The van der Waals surface area contributed by atoms with Crippen LogP contribution >= 0.6 is 0 Å². The topological polar surface area (TPSA) is 35.5 Å². The maximum Gasteiger partial charge on any atom is 0.314 e. The molecule has 1 aliphatic carbocycles. The van der Waals surface area contributed by atoms with Crippen molar-refractivity contribution in [3.63, 3.8) is 0 Å². The zero-order chi connectivity index (χ0) is 19.8. The predicted molar refractivity (Wildman–Crippen MR) is 109 cm³/mol. The second kappa shape index (κ2) is 10.4. The van der Waals surface area contributed by atoms with Crippen molar-refractivity contribution in [1.82, 2.24) is 0 Å². The van der Waals surface area contributed by atoms with Crippen molar-refractivity contribution in [2.75, 3.05) is 6.61 Å². The van der Waals surface area contributed by atoms with Crippen LogP contribution in [0.2, 0.25) is 0 Å². The van der Waals surface area contributed by atoms with Gasteiger partial charge in [-0.05, 0) is 67.5 Å². The van der Waals surface area contributed by atoms with E-state index in [2.05, 4.69) is 6.92 Å². The minimum Gasteiger partial charge on any atom is -0.426 e. The first-order valence-corrected chi connectivity index (χ1v) is 10.3. The highest BCUT2D eigenvalue weighted by molar-refractivity contribution is 5.75. The maximum absolute atomic E-state index is 13.0. The van der Waals surface area contributed by atoms with E-state index in [-0.39, 0.29) is 23.8 Å². The number of hydrogen-bond acceptors (Lipinski definition) is 3. The van der Waals surface area contributed by atoms with E-state index in [0.29, 0.717) is 5.75 Å². The molecule has 0 radical (unpaired) electrons. The molecule has 0 aliphatic heterocycles. The van der Waals surface area contributed by atoms with E-state index >= 15 is 0 Å². The molecule has 3 rings (SSSR count). The summed E-state index contributed by atoms with van der Waals surface area (Å²) >= 11 is 0. The van der Waals surface area contributed by atoms with Gasteiger partial charge < -0.3 is 9.47 Å². The molecule has 1 fully saturated rings. The molecule has 0 heterocycles. The van der Waals surface area contributed by atoms with E-state index in [1.165, 1.54) is 25.0 Å². The Morgan fingerprint density at radius 1 is 0.929 bits per heavy atom. The number of carbonyl (C=O) groups is 1. The summed E-state index contributed by atoms with van der Waals surface area (Å²) in [5.74, 6) is 0.0930. The lowest BCUT2D eigenvalue weighted by molar-refractivity contribution is -0.141. The molecule has 0 saturated heterocycles. The monoisotopic (exact) mass is 384 g/mol. The summed E-state index contributed by atoms with van der Waals surface area (Å²) in [5, 5.41) is 0. The van der Waals surface area contributed by atoms with E-state index in [9.17, 15) is 9.18 Å². The number of unbranched alkanes of at least 4 members (excludes halogenated alkanes) is 2. The van der Waals surface area contributed by atoms with Crippen molar-refractivity contribution < 1.29 is 18.7 Å². The SMILES string of the molecule is CCCCCO[C@H]1CC[C@H](C(=O)Oc2ccc(-c3ccc(F)cc3)cc2)CC1. The molecule has 0 atom stereocenters. The molecule has 0 amide bonds. The number of benzene rings is 2. The van der Waals surface area contributed by atoms with Crippen molar-refractivity contribution in [1.29, 1.82) is 0 Å². The van der Waals surface area contributed by atoms with Gasteiger partial charge in [-0.3, -0.25) is 4.79 Å². The van der Waals surface area contributed by atoms with Gasteiger partial charge in [0.05, 0.1) is 12.0 Å². The third-order valence-corrected chi connectivity index (χ3v) is 5.36. The Labute approximate surface area is 166 Å². The predicted octanol–water partition coefficient (Wildman–Crippen LogP) is 6.16. The van der Waals surface area contributed by atoms with Crippen LogP contribution in [0.1, 0.15) is 51.9 Å². The Morgan fingerprint density at radius 3 is 2.14 bits per heavy atom. The molecule has 0 unspecified atom stereocenters. The van der Waals surface area contributed by atoms with Crippen LogP contribution in [0, 0.1) is 11.7 Å². The van der Waals surface area contributed by atoms with E-state index in [4.69, 9.17) is 9.47 Å². The van der Waals surface area contributed by atoms with E-state index in [0.717, 1.165) is 49.8 Å². The quantitative estimate of drug-likeness (QED) is 0.310.